The van der Waals surface area contributed by atoms with Crippen LogP contribution < -0.4 is 28.7 Å². The van der Waals surface area contributed by atoms with Crippen molar-refractivity contribution in [3.63, 3.8) is 0 Å². The zero-order valence-electron chi connectivity index (χ0n) is 52.7. The van der Waals surface area contributed by atoms with E-state index < -0.39 is 0 Å². The highest BCUT2D eigenvalue weighted by Gasteiger charge is 2.25. The summed E-state index contributed by atoms with van der Waals surface area (Å²) in [6, 6.07) is 37.3. The molecule has 0 aliphatic carbocycles. The van der Waals surface area contributed by atoms with Crippen LogP contribution >= 0.6 is 0 Å². The van der Waals surface area contributed by atoms with Crippen LogP contribution in [0.2, 0.25) is 0 Å². The van der Waals surface area contributed by atoms with E-state index in [1.54, 1.807) is 28.4 Å². The van der Waals surface area contributed by atoms with Gasteiger partial charge in [-0.1, -0.05) is 91.9 Å². The first-order chi connectivity index (χ1) is 42.8. The molecule has 20 nitrogen and oxygen atoms in total. The lowest BCUT2D eigenvalue weighted by Crippen LogP contribution is -2.23. The van der Waals surface area contributed by atoms with E-state index in [0.29, 0.717) is 181 Å². The minimum atomic E-state index is 0.275. The van der Waals surface area contributed by atoms with Crippen molar-refractivity contribution in [2.75, 3.05) is 211 Å². The average molecular weight is 1210 g/mol. The molecule has 0 aliphatic rings. The van der Waals surface area contributed by atoms with Crippen molar-refractivity contribution in [1.82, 2.24) is 0 Å². The quantitative estimate of drug-likeness (QED) is 0.0158. The molecule has 0 fully saturated rings. The Morgan fingerprint density at radius 2 is 0.644 bits per heavy atom. The summed E-state index contributed by atoms with van der Waals surface area (Å²) in [5.74, 6) is 2.23. The Morgan fingerprint density at radius 1 is 0.356 bits per heavy atom. The van der Waals surface area contributed by atoms with Crippen LogP contribution in [0.1, 0.15) is 29.2 Å². The molecule has 0 spiro atoms. The zero-order valence-corrected chi connectivity index (χ0v) is 52.7. The first kappa shape index (κ1) is 71.5. The molecule has 5 aromatic rings. The molecule has 0 atom stereocenters. The first-order valence-corrected chi connectivity index (χ1v) is 29.8. The van der Waals surface area contributed by atoms with E-state index in [4.69, 9.17) is 75.8 Å². The van der Waals surface area contributed by atoms with Gasteiger partial charge in [0.25, 0.3) is 0 Å². The van der Waals surface area contributed by atoms with Crippen molar-refractivity contribution in [2.45, 2.75) is 33.1 Å². The molecule has 0 saturated carbocycles. The van der Waals surface area contributed by atoms with Crippen molar-refractivity contribution in [1.29, 1.82) is 0 Å². The Labute approximate surface area is 517 Å². The van der Waals surface area contributed by atoms with Crippen molar-refractivity contribution < 1.29 is 84.9 Å². The normalized spacial score (nSPS) is 11.5. The fourth-order valence-electron chi connectivity index (χ4n) is 8.80. The van der Waals surface area contributed by atoms with Gasteiger partial charge in [-0.3, -0.25) is 0 Å². The van der Waals surface area contributed by atoms with Crippen LogP contribution in [0, 0.1) is 0 Å². The smallest absolute Gasteiger partial charge is 0.232 e. The van der Waals surface area contributed by atoms with Crippen LogP contribution in [-0.4, -0.2) is 223 Å². The maximum Gasteiger partial charge on any atom is 0.232 e. The summed E-state index contributed by atoms with van der Waals surface area (Å²) in [4.78, 5) is 4.47. The lowest BCUT2D eigenvalue weighted by molar-refractivity contribution is -0.452. The molecule has 0 aliphatic heterocycles. The average Bonchev–Trinajstić information content (AvgIpc) is 1.60. The highest BCUT2D eigenvalue weighted by atomic mass is 16.6. The number of anilines is 2. The van der Waals surface area contributed by atoms with Gasteiger partial charge < -0.3 is 90.2 Å². The van der Waals surface area contributed by atoms with Crippen molar-refractivity contribution in [3.05, 3.63) is 131 Å². The van der Waals surface area contributed by atoms with Gasteiger partial charge in [-0.05, 0) is 23.3 Å². The van der Waals surface area contributed by atoms with Gasteiger partial charge in [0.1, 0.15) is 51.1 Å². The van der Waals surface area contributed by atoms with Gasteiger partial charge in [-0.25, -0.2) is 0 Å². The standard InChI is InChI=1S/C67H97N4O16/c1-9-71(53-57-20-14-11-15-21-57)63-51-67(87-47-43-83-39-35-79-31-27-75-8)66(86-46-42-82-38-34-78-30-26-74-7)50-62(63)70(4)55-59-23-17-16-22-58(59)54-69(3)61-49-65(85-45-41-81-37-33-77-29-25-73-6)64(84-44-40-80-36-32-76-28-24-72-5)48-60(61)68(2)52-56-18-12-10-13-19-56/h10-23,48-51H,2,24-47,52-55H2,1,3-8H3/q+1. The van der Waals surface area contributed by atoms with Crippen LogP contribution in [0.3, 0.4) is 0 Å². The maximum absolute atomic E-state index is 6.55. The van der Waals surface area contributed by atoms with Gasteiger partial charge in [0, 0.05) is 84.7 Å². The number of hydrogen-bond donors (Lipinski definition) is 0. The predicted molar refractivity (Wildman–Crippen MR) is 338 cm³/mol. The van der Waals surface area contributed by atoms with Crippen molar-refractivity contribution >= 4 is 35.7 Å². The summed E-state index contributed by atoms with van der Waals surface area (Å²) in [6.45, 7) is 18.8. The van der Waals surface area contributed by atoms with Crippen LogP contribution in [0.4, 0.5) is 22.7 Å². The molecule has 0 heterocycles. The zero-order chi connectivity index (χ0) is 61.8. The van der Waals surface area contributed by atoms with Gasteiger partial charge in [0.2, 0.25) is 5.69 Å². The Balaban J connectivity index is 1.46. The molecule has 0 radical (unpaired) electrons. The largest absolute Gasteiger partial charge is 0.489 e. The number of benzene rings is 5. The Bertz CT molecular complexity index is 2630. The second-order valence-electron chi connectivity index (χ2n) is 19.8. The van der Waals surface area contributed by atoms with E-state index in [2.05, 4.69) is 89.9 Å². The molecular formula is C67H97N4O16+. The van der Waals surface area contributed by atoms with E-state index in [-0.39, 0.29) is 26.4 Å². The van der Waals surface area contributed by atoms with E-state index in [9.17, 15) is 0 Å². The Kier molecular flexibility index (Phi) is 37.1. The molecule has 5 aromatic carbocycles. The van der Waals surface area contributed by atoms with Crippen LogP contribution in [0.25, 0.3) is 0 Å². The molecule has 0 N–H and O–H groups in total. The maximum atomic E-state index is 6.55. The summed E-state index contributed by atoms with van der Waals surface area (Å²) in [6.07, 6.45) is 3.47. The molecule has 5 rings (SSSR count). The fourth-order valence-corrected chi connectivity index (χ4v) is 8.80. The third-order valence-electron chi connectivity index (χ3n) is 13.3. The summed E-state index contributed by atoms with van der Waals surface area (Å²) >= 11 is 0. The fraction of sp³-hybridized carbons (Fsp3) is 0.522. The lowest BCUT2D eigenvalue weighted by Gasteiger charge is -2.29. The first-order valence-electron chi connectivity index (χ1n) is 29.8. The number of ether oxygens (including phenoxy) is 16. The monoisotopic (exact) mass is 1210 g/mol. The minimum Gasteiger partial charge on any atom is -0.489 e. The Hall–Kier alpha value is -6.24. The highest BCUT2D eigenvalue weighted by Crippen LogP contribution is 2.43. The lowest BCUT2D eigenvalue weighted by atomic mass is 10.1. The van der Waals surface area contributed by atoms with Gasteiger partial charge in [0.15, 0.2) is 23.8 Å². The van der Waals surface area contributed by atoms with E-state index in [0.717, 1.165) is 45.0 Å². The molecule has 20 heteroatoms. The molecule has 0 saturated heterocycles. The van der Waals surface area contributed by atoms with Gasteiger partial charge in [-0.2, -0.15) is 4.58 Å². The molecule has 0 unspecified atom stereocenters. The van der Waals surface area contributed by atoms with E-state index in [1.165, 1.54) is 0 Å². The number of hydrogen-bond acceptors (Lipinski definition) is 18. The summed E-state index contributed by atoms with van der Waals surface area (Å²) in [5.41, 5.74) is 7.97. The van der Waals surface area contributed by atoms with Crippen LogP contribution in [-0.2, 0) is 83.0 Å². The number of nitrogens with zero attached hydrogens (tertiary/aromatic N) is 4. The number of methoxy groups -OCH3 is 4. The van der Waals surface area contributed by atoms with Crippen LogP contribution in [0.15, 0.2) is 109 Å². The van der Waals surface area contributed by atoms with Crippen LogP contribution in [0.5, 0.6) is 23.0 Å². The van der Waals surface area contributed by atoms with E-state index in [1.807, 2.05) is 72.2 Å². The molecule has 0 aromatic heterocycles. The van der Waals surface area contributed by atoms with Gasteiger partial charge in [-0.15, -0.1) is 0 Å². The molecule has 480 valence electrons. The molecule has 0 bridgehead atoms. The third-order valence-corrected chi connectivity index (χ3v) is 13.3. The third kappa shape index (κ3) is 28.2. The van der Waals surface area contributed by atoms with E-state index >= 15 is 0 Å². The molecule has 87 heavy (non-hydrogen) atoms. The topological polar surface area (TPSA) is 160 Å². The number of rotatable bonds is 52. The van der Waals surface area contributed by atoms with Crippen molar-refractivity contribution in [3.8, 4) is 23.0 Å². The summed E-state index contributed by atoms with van der Waals surface area (Å²) in [5, 5.41) is 0. The van der Waals surface area contributed by atoms with Crippen molar-refractivity contribution in [2.24, 2.45) is 0 Å². The molecule has 0 amide bonds. The summed E-state index contributed by atoms with van der Waals surface area (Å²) in [7, 11) is 10.8. The molecular weight excluding hydrogens is 1120 g/mol. The van der Waals surface area contributed by atoms with Gasteiger partial charge >= 0.3 is 0 Å². The second kappa shape index (κ2) is 45.1. The highest BCUT2D eigenvalue weighted by molar-refractivity contribution is 5.72. The predicted octanol–water partition coefficient (Wildman–Crippen LogP) is 8.55. The Morgan fingerprint density at radius 3 is 0.989 bits per heavy atom. The second-order valence-corrected chi connectivity index (χ2v) is 19.8. The SMILES string of the molecule is C=[N+](Cc1ccccc1)c1cc(OCCOCCOCCOC)c(OCCOCCOCCOC)cc1N(C)Cc1ccccc1CN(C)c1cc(OCCOCCOCCOC)c(OCCOCCOCCOC)cc1[N+](=[C-]C)Cc1ccccc1. The summed E-state index contributed by atoms with van der Waals surface area (Å²) < 4.78 is 96.5. The van der Waals surface area contributed by atoms with Gasteiger partial charge in [0.05, 0.1) is 144 Å². The minimum absolute atomic E-state index is 0.275.